The molecule has 1 aliphatic heterocycles. The minimum atomic E-state index is 0.325. The third-order valence-electron chi connectivity index (χ3n) is 4.09. The van der Waals surface area contributed by atoms with E-state index in [-0.39, 0.29) is 0 Å². The van der Waals surface area contributed by atoms with Crippen LogP contribution in [-0.4, -0.2) is 25.0 Å². The fourth-order valence-corrected chi connectivity index (χ4v) is 4.11. The molecule has 1 saturated carbocycles. The third kappa shape index (κ3) is 3.26. The van der Waals surface area contributed by atoms with Crippen LogP contribution >= 0.6 is 11.8 Å². The lowest BCUT2D eigenvalue weighted by Crippen LogP contribution is -2.45. The van der Waals surface area contributed by atoms with Gasteiger partial charge in [0.2, 0.25) is 0 Å². The Morgan fingerprint density at radius 3 is 2.68 bits per heavy atom. The van der Waals surface area contributed by atoms with Gasteiger partial charge >= 0.3 is 0 Å². The highest BCUT2D eigenvalue weighted by Gasteiger charge is 2.33. The standard InChI is InChI=1S/C16H23NOS/c1-16(11-18-12-16)10-17-14-8-4-5-9-15(14)19-13-6-2-3-7-13/h4-5,8-9,13,17H,2-3,6-7,10-12H2,1H3. The van der Waals surface area contributed by atoms with E-state index >= 15 is 0 Å². The molecule has 0 bridgehead atoms. The molecule has 0 atom stereocenters. The van der Waals surface area contributed by atoms with Crippen LogP contribution in [-0.2, 0) is 4.74 Å². The van der Waals surface area contributed by atoms with Gasteiger partial charge in [-0.05, 0) is 25.0 Å². The molecule has 3 rings (SSSR count). The van der Waals surface area contributed by atoms with Gasteiger partial charge in [0.15, 0.2) is 0 Å². The molecule has 3 heteroatoms. The molecule has 1 saturated heterocycles. The number of nitrogens with one attached hydrogen (secondary N) is 1. The van der Waals surface area contributed by atoms with Crippen LogP contribution in [0.3, 0.4) is 0 Å². The Morgan fingerprint density at radius 2 is 2.00 bits per heavy atom. The maximum absolute atomic E-state index is 5.32. The Morgan fingerprint density at radius 1 is 1.26 bits per heavy atom. The number of benzene rings is 1. The highest BCUT2D eigenvalue weighted by atomic mass is 32.2. The van der Waals surface area contributed by atoms with E-state index in [9.17, 15) is 0 Å². The van der Waals surface area contributed by atoms with Crippen LogP contribution in [0.4, 0.5) is 5.69 Å². The number of hydrogen-bond acceptors (Lipinski definition) is 3. The first kappa shape index (κ1) is 13.3. The molecule has 1 aromatic rings. The number of ether oxygens (including phenoxy) is 1. The Balaban J connectivity index is 1.62. The van der Waals surface area contributed by atoms with Gasteiger partial charge in [0.05, 0.1) is 13.2 Å². The molecule has 0 radical (unpaired) electrons. The van der Waals surface area contributed by atoms with Gasteiger partial charge < -0.3 is 10.1 Å². The molecule has 0 spiro atoms. The van der Waals surface area contributed by atoms with Crippen LogP contribution in [0, 0.1) is 5.41 Å². The summed E-state index contributed by atoms with van der Waals surface area (Å²) in [6, 6.07) is 8.74. The van der Waals surface area contributed by atoms with Gasteiger partial charge in [0.1, 0.15) is 0 Å². The summed E-state index contributed by atoms with van der Waals surface area (Å²) in [7, 11) is 0. The monoisotopic (exact) mass is 277 g/mol. The predicted molar refractivity (Wildman–Crippen MR) is 82.0 cm³/mol. The van der Waals surface area contributed by atoms with E-state index in [4.69, 9.17) is 4.74 Å². The van der Waals surface area contributed by atoms with Crippen molar-refractivity contribution >= 4 is 17.4 Å². The summed E-state index contributed by atoms with van der Waals surface area (Å²) in [5.41, 5.74) is 1.62. The summed E-state index contributed by atoms with van der Waals surface area (Å²) < 4.78 is 5.32. The van der Waals surface area contributed by atoms with E-state index in [1.807, 2.05) is 0 Å². The van der Waals surface area contributed by atoms with Crippen molar-refractivity contribution in [1.82, 2.24) is 0 Å². The summed E-state index contributed by atoms with van der Waals surface area (Å²) in [5.74, 6) is 0. The van der Waals surface area contributed by atoms with Crippen molar-refractivity contribution < 1.29 is 4.74 Å². The topological polar surface area (TPSA) is 21.3 Å². The summed E-state index contributed by atoms with van der Waals surface area (Å²) in [4.78, 5) is 1.42. The lowest BCUT2D eigenvalue weighted by Gasteiger charge is -2.38. The molecule has 2 aliphatic rings. The highest BCUT2D eigenvalue weighted by molar-refractivity contribution is 8.00. The smallest absolute Gasteiger partial charge is 0.0559 e. The van der Waals surface area contributed by atoms with Crippen LogP contribution < -0.4 is 5.32 Å². The van der Waals surface area contributed by atoms with Crippen molar-refractivity contribution in [3.8, 4) is 0 Å². The fraction of sp³-hybridized carbons (Fsp3) is 0.625. The number of hydrogen-bond donors (Lipinski definition) is 1. The number of rotatable bonds is 5. The van der Waals surface area contributed by atoms with E-state index in [0.717, 1.165) is 25.0 Å². The predicted octanol–water partition coefficient (Wildman–Crippen LogP) is 4.17. The molecule has 0 amide bonds. The van der Waals surface area contributed by atoms with Crippen molar-refractivity contribution in [2.24, 2.45) is 5.41 Å². The van der Waals surface area contributed by atoms with Crippen LogP contribution in [0.5, 0.6) is 0 Å². The maximum atomic E-state index is 5.32. The largest absolute Gasteiger partial charge is 0.383 e. The zero-order valence-corrected chi connectivity index (χ0v) is 12.5. The van der Waals surface area contributed by atoms with Crippen LogP contribution in [0.15, 0.2) is 29.2 Å². The molecule has 1 aliphatic carbocycles. The number of para-hydroxylation sites is 1. The zero-order valence-electron chi connectivity index (χ0n) is 11.7. The van der Waals surface area contributed by atoms with Crippen molar-refractivity contribution in [2.45, 2.75) is 42.8 Å². The second-order valence-electron chi connectivity index (χ2n) is 6.18. The average molecular weight is 277 g/mol. The van der Waals surface area contributed by atoms with Crippen LogP contribution in [0.1, 0.15) is 32.6 Å². The van der Waals surface area contributed by atoms with Crippen molar-refractivity contribution in [2.75, 3.05) is 25.1 Å². The van der Waals surface area contributed by atoms with E-state index in [2.05, 4.69) is 48.3 Å². The van der Waals surface area contributed by atoms with E-state index < -0.39 is 0 Å². The molecule has 19 heavy (non-hydrogen) atoms. The second kappa shape index (κ2) is 5.76. The molecule has 104 valence electrons. The Bertz CT molecular complexity index is 425. The van der Waals surface area contributed by atoms with E-state index in [0.29, 0.717) is 5.41 Å². The molecule has 2 fully saturated rings. The van der Waals surface area contributed by atoms with Crippen LogP contribution in [0.2, 0.25) is 0 Å². The summed E-state index contributed by atoms with van der Waals surface area (Å²) >= 11 is 2.06. The molecule has 0 aromatic heterocycles. The molecule has 1 N–H and O–H groups in total. The third-order valence-corrected chi connectivity index (χ3v) is 5.50. The van der Waals surface area contributed by atoms with Gasteiger partial charge in [-0.1, -0.05) is 31.9 Å². The molecule has 2 nitrogen and oxygen atoms in total. The first-order chi connectivity index (χ1) is 9.25. The maximum Gasteiger partial charge on any atom is 0.0559 e. The van der Waals surface area contributed by atoms with Crippen LogP contribution in [0.25, 0.3) is 0 Å². The van der Waals surface area contributed by atoms with E-state index in [1.165, 1.54) is 36.3 Å². The van der Waals surface area contributed by atoms with Crippen molar-refractivity contribution in [3.63, 3.8) is 0 Å². The average Bonchev–Trinajstić information content (AvgIpc) is 2.88. The first-order valence-corrected chi connectivity index (χ1v) is 8.20. The lowest BCUT2D eigenvalue weighted by atomic mass is 9.89. The molecular weight excluding hydrogens is 254 g/mol. The summed E-state index contributed by atoms with van der Waals surface area (Å²) in [6.45, 7) is 5.07. The van der Waals surface area contributed by atoms with Gasteiger partial charge in [-0.3, -0.25) is 0 Å². The Hall–Kier alpha value is -0.670. The zero-order chi connectivity index (χ0) is 13.1. The first-order valence-electron chi connectivity index (χ1n) is 7.33. The minimum absolute atomic E-state index is 0.325. The van der Waals surface area contributed by atoms with Gasteiger partial charge in [-0.15, -0.1) is 11.8 Å². The van der Waals surface area contributed by atoms with Crippen molar-refractivity contribution in [1.29, 1.82) is 0 Å². The van der Waals surface area contributed by atoms with Gasteiger partial charge in [0, 0.05) is 27.8 Å². The molecule has 1 heterocycles. The Kier molecular flexibility index (Phi) is 4.04. The SMILES string of the molecule is CC1(CNc2ccccc2SC2CCCC2)COC1. The lowest BCUT2D eigenvalue weighted by molar-refractivity contribution is -0.0924. The summed E-state index contributed by atoms with van der Waals surface area (Å²) in [6.07, 6.45) is 5.57. The normalized spacial score (nSPS) is 22.2. The minimum Gasteiger partial charge on any atom is -0.383 e. The number of anilines is 1. The van der Waals surface area contributed by atoms with Crippen molar-refractivity contribution in [3.05, 3.63) is 24.3 Å². The van der Waals surface area contributed by atoms with E-state index in [1.54, 1.807) is 0 Å². The molecule has 0 unspecified atom stereocenters. The van der Waals surface area contributed by atoms with Gasteiger partial charge in [-0.25, -0.2) is 0 Å². The van der Waals surface area contributed by atoms with Gasteiger partial charge in [0.25, 0.3) is 0 Å². The quantitative estimate of drug-likeness (QED) is 0.873. The second-order valence-corrected chi connectivity index (χ2v) is 7.52. The summed E-state index contributed by atoms with van der Waals surface area (Å²) in [5, 5.41) is 4.45. The van der Waals surface area contributed by atoms with Gasteiger partial charge in [-0.2, -0.15) is 0 Å². The fourth-order valence-electron chi connectivity index (χ4n) is 2.76. The number of thioether (sulfide) groups is 1. The Labute approximate surface area is 120 Å². The molecule has 1 aromatic carbocycles. The molecular formula is C16H23NOS. The highest BCUT2D eigenvalue weighted by Crippen LogP contribution is 2.38.